The Balaban J connectivity index is 3.76. The van der Waals surface area contributed by atoms with Gasteiger partial charge in [0.2, 0.25) is 5.91 Å². The maximum Gasteiger partial charge on any atom is 0.238 e. The second kappa shape index (κ2) is 9.27. The number of hydrogen-bond acceptors (Lipinski definition) is 5. The number of rotatable bonds is 9. The largest absolute Gasteiger partial charge is 0.389 e. The maximum atomic E-state index is 11.5. The number of ether oxygens (including phenoxy) is 2. The van der Waals surface area contributed by atoms with Gasteiger partial charge in [-0.15, -0.1) is 0 Å². The molecule has 0 aromatic carbocycles. The highest BCUT2D eigenvalue weighted by atomic mass is 16.5. The number of carbonyl (C=O) groups excluding carboxylic acids is 1. The van der Waals surface area contributed by atoms with Gasteiger partial charge in [-0.1, -0.05) is 0 Å². The van der Waals surface area contributed by atoms with Crippen molar-refractivity contribution in [1.29, 1.82) is 0 Å². The SMILES string of the molecule is COCC(C)OCC(O)CNC(C)C(=O)N(C)C. The van der Waals surface area contributed by atoms with E-state index in [1.54, 1.807) is 28.1 Å². The lowest BCUT2D eigenvalue weighted by Gasteiger charge is -2.20. The monoisotopic (exact) mass is 262 g/mol. The van der Waals surface area contributed by atoms with Gasteiger partial charge in [0.15, 0.2) is 0 Å². The van der Waals surface area contributed by atoms with Gasteiger partial charge in [-0.2, -0.15) is 0 Å². The Labute approximate surface area is 109 Å². The van der Waals surface area contributed by atoms with Crippen LogP contribution in [0.15, 0.2) is 0 Å². The first kappa shape index (κ1) is 17.3. The molecule has 0 aliphatic rings. The molecule has 0 rings (SSSR count). The van der Waals surface area contributed by atoms with Crippen molar-refractivity contribution in [3.05, 3.63) is 0 Å². The molecule has 0 saturated heterocycles. The molecule has 0 bridgehead atoms. The van der Waals surface area contributed by atoms with E-state index in [9.17, 15) is 9.90 Å². The van der Waals surface area contributed by atoms with E-state index in [0.29, 0.717) is 13.2 Å². The summed E-state index contributed by atoms with van der Waals surface area (Å²) in [5.41, 5.74) is 0. The molecule has 0 aromatic rings. The smallest absolute Gasteiger partial charge is 0.238 e. The van der Waals surface area contributed by atoms with E-state index in [2.05, 4.69) is 5.32 Å². The second-order valence-corrected chi connectivity index (χ2v) is 4.62. The summed E-state index contributed by atoms with van der Waals surface area (Å²) < 4.78 is 10.3. The molecular weight excluding hydrogens is 236 g/mol. The van der Waals surface area contributed by atoms with E-state index in [1.165, 1.54) is 4.90 Å². The summed E-state index contributed by atoms with van der Waals surface area (Å²) in [6, 6.07) is -0.314. The van der Waals surface area contributed by atoms with Gasteiger partial charge >= 0.3 is 0 Å². The lowest BCUT2D eigenvalue weighted by atomic mass is 10.2. The summed E-state index contributed by atoms with van der Waals surface area (Å²) in [4.78, 5) is 13.1. The average Bonchev–Trinajstić information content (AvgIpc) is 2.32. The fourth-order valence-corrected chi connectivity index (χ4v) is 1.40. The summed E-state index contributed by atoms with van der Waals surface area (Å²) in [7, 11) is 5.01. The number of likely N-dealkylation sites (N-methyl/N-ethyl adjacent to an activating group) is 1. The number of carbonyl (C=O) groups is 1. The summed E-state index contributed by atoms with van der Waals surface area (Å²) >= 11 is 0. The molecule has 0 aromatic heterocycles. The molecule has 1 amide bonds. The van der Waals surface area contributed by atoms with E-state index in [-0.39, 0.29) is 24.7 Å². The van der Waals surface area contributed by atoms with E-state index >= 15 is 0 Å². The molecule has 6 nitrogen and oxygen atoms in total. The Hall–Kier alpha value is -0.690. The Morgan fingerprint density at radius 1 is 1.33 bits per heavy atom. The predicted octanol–water partition coefficient (Wildman–Crippen LogP) is -0.535. The van der Waals surface area contributed by atoms with Crippen molar-refractivity contribution in [2.75, 3.05) is 41.0 Å². The van der Waals surface area contributed by atoms with Gasteiger partial charge in [0.25, 0.3) is 0 Å². The Morgan fingerprint density at radius 3 is 2.44 bits per heavy atom. The zero-order valence-electron chi connectivity index (χ0n) is 12.0. The standard InChI is InChI=1S/C12H26N2O4/c1-9(7-17-5)18-8-11(15)6-13-10(2)12(16)14(3)4/h9-11,13,15H,6-8H2,1-5H3. The van der Waals surface area contributed by atoms with Crippen molar-refractivity contribution in [2.45, 2.75) is 32.1 Å². The Bertz CT molecular complexity index is 236. The third kappa shape index (κ3) is 7.60. The number of nitrogens with zero attached hydrogens (tertiary/aromatic N) is 1. The topological polar surface area (TPSA) is 71.0 Å². The van der Waals surface area contributed by atoms with E-state index in [0.717, 1.165) is 0 Å². The highest BCUT2D eigenvalue weighted by molar-refractivity contribution is 5.80. The number of hydrogen-bond donors (Lipinski definition) is 2. The maximum absolute atomic E-state index is 11.5. The Morgan fingerprint density at radius 2 is 1.94 bits per heavy atom. The molecule has 2 N–H and O–H groups in total. The number of nitrogens with one attached hydrogen (secondary N) is 1. The van der Waals surface area contributed by atoms with Crippen LogP contribution in [0.1, 0.15) is 13.8 Å². The number of aliphatic hydroxyl groups is 1. The van der Waals surface area contributed by atoms with Gasteiger partial charge < -0.3 is 24.8 Å². The molecule has 0 fully saturated rings. The number of aliphatic hydroxyl groups excluding tert-OH is 1. The molecule has 18 heavy (non-hydrogen) atoms. The highest BCUT2D eigenvalue weighted by Crippen LogP contribution is 1.95. The van der Waals surface area contributed by atoms with E-state index < -0.39 is 6.10 Å². The van der Waals surface area contributed by atoms with Gasteiger partial charge in [0, 0.05) is 27.7 Å². The predicted molar refractivity (Wildman–Crippen MR) is 69.5 cm³/mol. The lowest BCUT2D eigenvalue weighted by Crippen LogP contribution is -2.45. The number of methoxy groups -OCH3 is 1. The summed E-state index contributed by atoms with van der Waals surface area (Å²) in [6.45, 7) is 4.68. The average molecular weight is 262 g/mol. The van der Waals surface area contributed by atoms with Gasteiger partial charge in [0.05, 0.1) is 31.5 Å². The van der Waals surface area contributed by atoms with Crippen molar-refractivity contribution in [3.63, 3.8) is 0 Å². The van der Waals surface area contributed by atoms with Crippen LogP contribution in [0.5, 0.6) is 0 Å². The number of amides is 1. The van der Waals surface area contributed by atoms with Crippen molar-refractivity contribution in [2.24, 2.45) is 0 Å². The summed E-state index contributed by atoms with van der Waals surface area (Å²) in [5, 5.41) is 12.6. The van der Waals surface area contributed by atoms with Gasteiger partial charge in [-0.05, 0) is 13.8 Å². The van der Waals surface area contributed by atoms with Crippen molar-refractivity contribution < 1.29 is 19.4 Å². The second-order valence-electron chi connectivity index (χ2n) is 4.62. The molecule has 108 valence electrons. The van der Waals surface area contributed by atoms with Gasteiger partial charge in [-0.3, -0.25) is 4.79 Å². The van der Waals surface area contributed by atoms with Gasteiger partial charge in [0.1, 0.15) is 0 Å². The van der Waals surface area contributed by atoms with Crippen molar-refractivity contribution >= 4 is 5.91 Å². The quantitative estimate of drug-likeness (QED) is 0.584. The van der Waals surface area contributed by atoms with Crippen LogP contribution in [0.2, 0.25) is 0 Å². The van der Waals surface area contributed by atoms with E-state index in [4.69, 9.17) is 9.47 Å². The van der Waals surface area contributed by atoms with Crippen LogP contribution in [-0.2, 0) is 14.3 Å². The van der Waals surface area contributed by atoms with Crippen LogP contribution in [0.4, 0.5) is 0 Å². The summed E-state index contributed by atoms with van der Waals surface area (Å²) in [5.74, 6) is -0.0177. The molecule has 0 spiro atoms. The third-order valence-electron chi connectivity index (χ3n) is 2.45. The lowest BCUT2D eigenvalue weighted by molar-refractivity contribution is -0.130. The molecule has 0 radical (unpaired) electrons. The first-order chi connectivity index (χ1) is 8.38. The highest BCUT2D eigenvalue weighted by Gasteiger charge is 2.16. The molecule has 0 aliphatic heterocycles. The van der Waals surface area contributed by atoms with Crippen LogP contribution in [-0.4, -0.2) is 75.1 Å². The van der Waals surface area contributed by atoms with Crippen molar-refractivity contribution in [1.82, 2.24) is 10.2 Å². The minimum atomic E-state index is -0.637. The molecule has 6 heteroatoms. The zero-order chi connectivity index (χ0) is 14.1. The first-order valence-electron chi connectivity index (χ1n) is 6.11. The van der Waals surface area contributed by atoms with E-state index in [1.807, 2.05) is 6.92 Å². The fraction of sp³-hybridized carbons (Fsp3) is 0.917. The zero-order valence-corrected chi connectivity index (χ0v) is 12.0. The molecular formula is C12H26N2O4. The van der Waals surface area contributed by atoms with Gasteiger partial charge in [-0.25, -0.2) is 0 Å². The molecule has 3 atom stereocenters. The molecule has 0 saturated carbocycles. The minimum absolute atomic E-state index is 0.0177. The Kier molecular flexibility index (Phi) is 8.91. The molecule has 0 heterocycles. The minimum Gasteiger partial charge on any atom is -0.389 e. The van der Waals surface area contributed by atoms with Crippen LogP contribution in [0, 0.1) is 0 Å². The fourth-order valence-electron chi connectivity index (χ4n) is 1.40. The molecule has 3 unspecified atom stereocenters. The summed E-state index contributed by atoms with van der Waals surface area (Å²) in [6.07, 6.45) is -0.688. The normalized spacial score (nSPS) is 16.1. The van der Waals surface area contributed by atoms with Crippen molar-refractivity contribution in [3.8, 4) is 0 Å². The van der Waals surface area contributed by atoms with Crippen LogP contribution in [0.25, 0.3) is 0 Å². The van der Waals surface area contributed by atoms with Crippen LogP contribution in [0.3, 0.4) is 0 Å². The third-order valence-corrected chi connectivity index (χ3v) is 2.45. The van der Waals surface area contributed by atoms with Crippen LogP contribution >= 0.6 is 0 Å². The first-order valence-corrected chi connectivity index (χ1v) is 6.11. The molecule has 0 aliphatic carbocycles. The van der Waals surface area contributed by atoms with Crippen LogP contribution < -0.4 is 5.32 Å².